The summed E-state index contributed by atoms with van der Waals surface area (Å²) in [6.45, 7) is 6.40. The van der Waals surface area contributed by atoms with Crippen LogP contribution in [0.15, 0.2) is 27.7 Å². The molecule has 3 rings (SSSR count). The minimum atomic E-state index is 0.00338. The molecule has 0 atom stereocenters. The number of nitrogens with zero attached hydrogens (tertiary/aromatic N) is 3. The van der Waals surface area contributed by atoms with Gasteiger partial charge >= 0.3 is 0 Å². The van der Waals surface area contributed by atoms with Crippen molar-refractivity contribution < 1.29 is 0 Å². The maximum absolute atomic E-state index is 12.3. The van der Waals surface area contributed by atoms with E-state index in [9.17, 15) is 4.79 Å². The summed E-state index contributed by atoms with van der Waals surface area (Å²) in [5, 5.41) is 0. The van der Waals surface area contributed by atoms with Gasteiger partial charge < -0.3 is 4.98 Å². The zero-order valence-corrected chi connectivity index (χ0v) is 14.4. The van der Waals surface area contributed by atoms with Gasteiger partial charge in [-0.2, -0.15) is 0 Å². The maximum Gasteiger partial charge on any atom is 0.255 e. The summed E-state index contributed by atoms with van der Waals surface area (Å²) in [5.74, 6) is 1.02. The Morgan fingerprint density at radius 3 is 3.00 bits per heavy atom. The number of hydrogen-bond acceptors (Lipinski definition) is 4. The van der Waals surface area contributed by atoms with E-state index in [1.807, 2.05) is 19.9 Å². The lowest BCUT2D eigenvalue weighted by molar-refractivity contribution is 0.240. The van der Waals surface area contributed by atoms with Gasteiger partial charge in [-0.15, -0.1) is 0 Å². The van der Waals surface area contributed by atoms with Crippen LogP contribution in [0.4, 0.5) is 0 Å². The largest absolute Gasteiger partial charge is 0.310 e. The minimum absolute atomic E-state index is 0.00338. The summed E-state index contributed by atoms with van der Waals surface area (Å²) in [7, 11) is 0. The van der Waals surface area contributed by atoms with Crippen molar-refractivity contribution >= 4 is 15.9 Å². The predicted molar refractivity (Wildman–Crippen MR) is 88.7 cm³/mol. The minimum Gasteiger partial charge on any atom is -0.310 e. The second-order valence-corrected chi connectivity index (χ2v) is 6.70. The van der Waals surface area contributed by atoms with E-state index < -0.39 is 0 Å². The monoisotopic (exact) mass is 362 g/mol. The van der Waals surface area contributed by atoms with Crippen molar-refractivity contribution in [3.05, 3.63) is 55.9 Å². The fourth-order valence-corrected chi connectivity index (χ4v) is 3.06. The molecule has 0 saturated heterocycles. The molecule has 116 valence electrons. The molecule has 6 heteroatoms. The number of pyridine rings is 1. The lowest BCUT2D eigenvalue weighted by Crippen LogP contribution is -2.36. The molecule has 0 spiro atoms. The smallest absolute Gasteiger partial charge is 0.255 e. The molecule has 5 nitrogen and oxygen atoms in total. The molecule has 2 aromatic rings. The third-order valence-corrected chi connectivity index (χ3v) is 4.66. The van der Waals surface area contributed by atoms with E-state index >= 15 is 0 Å². The number of nitrogens with one attached hydrogen (secondary N) is 1. The summed E-state index contributed by atoms with van der Waals surface area (Å²) in [5.41, 5.74) is 2.89. The molecule has 1 aliphatic rings. The highest BCUT2D eigenvalue weighted by molar-refractivity contribution is 9.10. The number of H-pyrrole nitrogens is 1. The van der Waals surface area contributed by atoms with Crippen molar-refractivity contribution in [2.45, 2.75) is 39.3 Å². The molecule has 2 aromatic heterocycles. The van der Waals surface area contributed by atoms with Crippen molar-refractivity contribution in [1.29, 1.82) is 0 Å². The van der Waals surface area contributed by atoms with Gasteiger partial charge in [-0.1, -0.05) is 19.9 Å². The van der Waals surface area contributed by atoms with Crippen molar-refractivity contribution in [2.75, 3.05) is 6.54 Å². The molecule has 0 amide bonds. The SMILES string of the molecule is CC(C)c1nc2c(c(=O)[nH]1)CN(Cc1cccnc1Br)CC2. The van der Waals surface area contributed by atoms with Crippen molar-refractivity contribution in [1.82, 2.24) is 19.9 Å². The Balaban J connectivity index is 1.82. The summed E-state index contributed by atoms with van der Waals surface area (Å²) in [6, 6.07) is 3.98. The van der Waals surface area contributed by atoms with E-state index in [0.717, 1.165) is 46.8 Å². The molecule has 1 N–H and O–H groups in total. The number of fused-ring (bicyclic) bond motifs is 1. The Morgan fingerprint density at radius 2 is 2.27 bits per heavy atom. The normalized spacial score (nSPS) is 15.1. The Bertz CT molecular complexity index is 741. The number of rotatable bonds is 3. The van der Waals surface area contributed by atoms with Crippen LogP contribution in [0.3, 0.4) is 0 Å². The van der Waals surface area contributed by atoms with E-state index in [1.54, 1.807) is 6.20 Å². The average Bonchev–Trinajstić information content (AvgIpc) is 2.50. The van der Waals surface area contributed by atoms with E-state index in [-0.39, 0.29) is 11.5 Å². The Hall–Kier alpha value is -1.53. The van der Waals surface area contributed by atoms with Crippen LogP contribution >= 0.6 is 15.9 Å². The standard InChI is InChI=1S/C16H19BrN4O/c1-10(2)15-19-13-5-7-21(9-12(13)16(22)20-15)8-11-4-3-6-18-14(11)17/h3-4,6,10H,5,7-9H2,1-2H3,(H,19,20,22). The van der Waals surface area contributed by atoms with Crippen LogP contribution in [-0.4, -0.2) is 26.4 Å². The Kier molecular flexibility index (Phi) is 4.40. The first-order valence-electron chi connectivity index (χ1n) is 7.48. The first-order chi connectivity index (χ1) is 10.5. The Morgan fingerprint density at radius 1 is 1.45 bits per heavy atom. The van der Waals surface area contributed by atoms with Crippen molar-refractivity contribution in [3.63, 3.8) is 0 Å². The average molecular weight is 363 g/mol. The maximum atomic E-state index is 12.3. The van der Waals surface area contributed by atoms with Gasteiger partial charge in [0.05, 0.1) is 11.3 Å². The first kappa shape index (κ1) is 15.4. The van der Waals surface area contributed by atoms with Gasteiger partial charge in [-0.25, -0.2) is 9.97 Å². The first-order valence-corrected chi connectivity index (χ1v) is 8.27. The van der Waals surface area contributed by atoms with Crippen molar-refractivity contribution in [3.8, 4) is 0 Å². The fraction of sp³-hybridized carbons (Fsp3) is 0.438. The topological polar surface area (TPSA) is 61.9 Å². The lowest BCUT2D eigenvalue weighted by atomic mass is 10.1. The van der Waals surface area contributed by atoms with Crippen LogP contribution in [0, 0.1) is 0 Å². The molecule has 0 unspecified atom stereocenters. The fourth-order valence-electron chi connectivity index (χ4n) is 2.69. The molecular formula is C16H19BrN4O. The zero-order chi connectivity index (χ0) is 15.7. The van der Waals surface area contributed by atoms with Gasteiger partial charge in [0.1, 0.15) is 10.4 Å². The van der Waals surface area contributed by atoms with Crippen LogP contribution in [0.25, 0.3) is 0 Å². The summed E-state index contributed by atoms with van der Waals surface area (Å²) < 4.78 is 0.864. The van der Waals surface area contributed by atoms with Crippen LogP contribution in [0.5, 0.6) is 0 Å². The molecule has 0 saturated carbocycles. The predicted octanol–water partition coefficient (Wildman–Crippen LogP) is 2.61. The quantitative estimate of drug-likeness (QED) is 0.852. The summed E-state index contributed by atoms with van der Waals surface area (Å²) in [6.07, 6.45) is 2.58. The highest BCUT2D eigenvalue weighted by Gasteiger charge is 2.22. The van der Waals surface area contributed by atoms with Gasteiger partial charge in [-0.05, 0) is 27.6 Å². The molecule has 0 radical (unpaired) electrons. The molecular weight excluding hydrogens is 344 g/mol. The van der Waals surface area contributed by atoms with Gasteiger partial charge in [-0.3, -0.25) is 9.69 Å². The van der Waals surface area contributed by atoms with Gasteiger partial charge in [0.15, 0.2) is 0 Å². The third-order valence-electron chi connectivity index (χ3n) is 3.94. The molecule has 0 aliphatic carbocycles. The van der Waals surface area contributed by atoms with Crippen LogP contribution in [0.2, 0.25) is 0 Å². The van der Waals surface area contributed by atoms with Crippen LogP contribution in [-0.2, 0) is 19.5 Å². The molecule has 3 heterocycles. The van der Waals surface area contributed by atoms with Crippen LogP contribution < -0.4 is 5.56 Å². The summed E-state index contributed by atoms with van der Waals surface area (Å²) >= 11 is 3.48. The second kappa shape index (κ2) is 6.30. The molecule has 1 aliphatic heterocycles. The van der Waals surface area contributed by atoms with Crippen LogP contribution in [0.1, 0.15) is 42.4 Å². The Labute approximate surface area is 137 Å². The molecule has 0 bridgehead atoms. The number of halogens is 1. The highest BCUT2D eigenvalue weighted by atomic mass is 79.9. The molecule has 0 aromatic carbocycles. The highest BCUT2D eigenvalue weighted by Crippen LogP contribution is 2.20. The molecule has 22 heavy (non-hydrogen) atoms. The van der Waals surface area contributed by atoms with Gasteiger partial charge in [0, 0.05) is 38.2 Å². The van der Waals surface area contributed by atoms with E-state index in [0.29, 0.717) is 6.54 Å². The van der Waals surface area contributed by atoms with Gasteiger partial charge in [0.25, 0.3) is 5.56 Å². The van der Waals surface area contributed by atoms with Gasteiger partial charge in [0.2, 0.25) is 0 Å². The third kappa shape index (κ3) is 3.13. The second-order valence-electron chi connectivity index (χ2n) is 5.95. The van der Waals surface area contributed by atoms with E-state index in [1.165, 1.54) is 0 Å². The molecule has 0 fully saturated rings. The summed E-state index contributed by atoms with van der Waals surface area (Å²) in [4.78, 5) is 26.4. The number of hydrogen-bond donors (Lipinski definition) is 1. The lowest BCUT2D eigenvalue weighted by Gasteiger charge is -2.28. The van der Waals surface area contributed by atoms with E-state index in [2.05, 4.69) is 41.8 Å². The van der Waals surface area contributed by atoms with E-state index in [4.69, 9.17) is 0 Å². The number of aromatic amines is 1. The zero-order valence-electron chi connectivity index (χ0n) is 12.8. The number of aromatic nitrogens is 3. The van der Waals surface area contributed by atoms with Crippen molar-refractivity contribution in [2.24, 2.45) is 0 Å².